The number of carbonyl (C=O) groups excluding carboxylic acids is 1. The summed E-state index contributed by atoms with van der Waals surface area (Å²) in [6.45, 7) is 2.70. The molecule has 1 aromatic heterocycles. The minimum absolute atomic E-state index is 0.0378. The first-order valence-corrected chi connectivity index (χ1v) is 12.9. The van der Waals surface area contributed by atoms with Gasteiger partial charge < -0.3 is 14.4 Å². The molecule has 0 spiro atoms. The normalized spacial score (nSPS) is 16.4. The zero-order valence-corrected chi connectivity index (χ0v) is 19.9. The van der Waals surface area contributed by atoms with Crippen LogP contribution in [-0.2, 0) is 26.0 Å². The molecular weight excluding hydrogens is 436 g/mol. The highest BCUT2D eigenvalue weighted by molar-refractivity contribution is 7.89. The van der Waals surface area contributed by atoms with Crippen LogP contribution in [0.2, 0.25) is 0 Å². The van der Waals surface area contributed by atoms with Crippen molar-refractivity contribution in [3.63, 3.8) is 0 Å². The molecule has 1 aliphatic rings. The molecule has 1 unspecified atom stereocenters. The summed E-state index contributed by atoms with van der Waals surface area (Å²) >= 11 is 1.70. The van der Waals surface area contributed by atoms with Gasteiger partial charge in [-0.2, -0.15) is 4.31 Å². The third-order valence-corrected chi connectivity index (χ3v) is 8.37. The van der Waals surface area contributed by atoms with Crippen molar-refractivity contribution in [2.45, 2.75) is 25.8 Å². The van der Waals surface area contributed by atoms with Gasteiger partial charge in [0.1, 0.15) is 5.75 Å². The fourth-order valence-electron chi connectivity index (χ4n) is 3.86. The van der Waals surface area contributed by atoms with Gasteiger partial charge in [-0.1, -0.05) is 12.1 Å². The monoisotopic (exact) mass is 466 g/mol. The number of hydrogen-bond donors (Lipinski definition) is 0. The Morgan fingerprint density at radius 1 is 1.23 bits per heavy atom. The maximum absolute atomic E-state index is 13.4. The van der Waals surface area contributed by atoms with Crippen molar-refractivity contribution in [2.75, 3.05) is 46.2 Å². The van der Waals surface area contributed by atoms with E-state index in [2.05, 4.69) is 6.07 Å². The number of rotatable bonds is 10. The Kier molecular flexibility index (Phi) is 8.10. The molecule has 31 heavy (non-hydrogen) atoms. The van der Waals surface area contributed by atoms with E-state index in [1.165, 1.54) is 9.18 Å². The summed E-state index contributed by atoms with van der Waals surface area (Å²) in [5.41, 5.74) is 2.09. The molecular formula is C22H30N2O5S2. The molecule has 0 N–H and O–H groups in total. The number of methoxy groups -OCH3 is 2. The van der Waals surface area contributed by atoms with Crippen LogP contribution in [-0.4, -0.2) is 69.7 Å². The van der Waals surface area contributed by atoms with Crippen LogP contribution in [0.5, 0.6) is 5.75 Å². The highest BCUT2D eigenvalue weighted by atomic mass is 32.2. The van der Waals surface area contributed by atoms with Crippen molar-refractivity contribution < 1.29 is 22.7 Å². The number of fused-ring (bicyclic) bond motifs is 1. The number of nitrogens with zero attached hydrogens (tertiary/aromatic N) is 2. The molecule has 2 heterocycles. The zero-order chi connectivity index (χ0) is 22.4. The van der Waals surface area contributed by atoms with Crippen LogP contribution < -0.4 is 4.74 Å². The quantitative estimate of drug-likeness (QED) is 0.503. The van der Waals surface area contributed by atoms with Gasteiger partial charge in [0.15, 0.2) is 0 Å². The lowest BCUT2D eigenvalue weighted by atomic mass is 9.93. The summed E-state index contributed by atoms with van der Waals surface area (Å²) in [6.07, 6.45) is 1.31. The Morgan fingerprint density at radius 3 is 2.61 bits per heavy atom. The van der Waals surface area contributed by atoms with Gasteiger partial charge in [0.05, 0.1) is 25.4 Å². The second-order valence-corrected chi connectivity index (χ2v) is 10.7. The predicted molar refractivity (Wildman–Crippen MR) is 122 cm³/mol. The Bertz CT molecular complexity index is 972. The molecule has 1 atom stereocenters. The third kappa shape index (κ3) is 5.46. The fraction of sp³-hybridized carbons (Fsp3) is 0.500. The molecule has 9 heteroatoms. The molecule has 3 rings (SSSR count). The van der Waals surface area contributed by atoms with Crippen LogP contribution in [0.3, 0.4) is 0 Å². The second kappa shape index (κ2) is 10.6. The van der Waals surface area contributed by atoms with Gasteiger partial charge in [-0.15, -0.1) is 11.3 Å². The van der Waals surface area contributed by atoms with E-state index in [4.69, 9.17) is 9.47 Å². The van der Waals surface area contributed by atoms with E-state index in [0.29, 0.717) is 19.6 Å². The topological polar surface area (TPSA) is 76.2 Å². The molecule has 1 aromatic carbocycles. The second-order valence-electron chi connectivity index (χ2n) is 7.39. The lowest BCUT2D eigenvalue weighted by Gasteiger charge is -2.37. The summed E-state index contributed by atoms with van der Waals surface area (Å²) in [7, 11) is -0.301. The highest BCUT2D eigenvalue weighted by Crippen LogP contribution is 2.38. The SMILES string of the molecule is CCS(=O)(=O)N(CCCOC)CC(=O)N1CCc2sccc2C1c1ccc(OC)cc1. The number of sulfonamides is 1. The molecule has 1 amide bonds. The lowest BCUT2D eigenvalue weighted by Crippen LogP contribution is -2.47. The van der Waals surface area contributed by atoms with E-state index >= 15 is 0 Å². The van der Waals surface area contributed by atoms with E-state index in [0.717, 1.165) is 23.3 Å². The lowest BCUT2D eigenvalue weighted by molar-refractivity contribution is -0.133. The first kappa shape index (κ1) is 23.7. The number of carbonyl (C=O) groups is 1. The first-order valence-electron chi connectivity index (χ1n) is 10.4. The molecule has 0 aliphatic carbocycles. The molecule has 0 saturated heterocycles. The van der Waals surface area contributed by atoms with Crippen LogP contribution in [0.4, 0.5) is 0 Å². The van der Waals surface area contributed by atoms with Crippen LogP contribution in [0.25, 0.3) is 0 Å². The Hall–Kier alpha value is -1.94. The van der Waals surface area contributed by atoms with Crippen molar-refractivity contribution >= 4 is 27.3 Å². The van der Waals surface area contributed by atoms with Gasteiger partial charge in [0, 0.05) is 31.7 Å². The van der Waals surface area contributed by atoms with E-state index < -0.39 is 10.0 Å². The van der Waals surface area contributed by atoms with Crippen LogP contribution in [0.15, 0.2) is 35.7 Å². The molecule has 1 aliphatic heterocycles. The fourth-order valence-corrected chi connectivity index (χ4v) is 5.84. The van der Waals surface area contributed by atoms with Crippen LogP contribution in [0.1, 0.15) is 35.4 Å². The van der Waals surface area contributed by atoms with Crippen molar-refractivity contribution in [3.8, 4) is 5.75 Å². The largest absolute Gasteiger partial charge is 0.497 e. The van der Waals surface area contributed by atoms with Gasteiger partial charge in [-0.25, -0.2) is 8.42 Å². The summed E-state index contributed by atoms with van der Waals surface area (Å²) in [6, 6.07) is 9.53. The maximum atomic E-state index is 13.4. The van der Waals surface area contributed by atoms with Gasteiger partial charge in [0.25, 0.3) is 0 Å². The summed E-state index contributed by atoms with van der Waals surface area (Å²) in [4.78, 5) is 16.5. The van der Waals surface area contributed by atoms with Crippen molar-refractivity contribution in [1.29, 1.82) is 0 Å². The third-order valence-electron chi connectivity index (χ3n) is 5.54. The number of ether oxygens (including phenoxy) is 2. The summed E-state index contributed by atoms with van der Waals surface area (Å²) in [5.74, 6) is 0.526. The Balaban J connectivity index is 1.88. The van der Waals surface area contributed by atoms with Gasteiger partial charge in [-0.3, -0.25) is 4.79 Å². The molecule has 0 radical (unpaired) electrons. The van der Waals surface area contributed by atoms with Gasteiger partial charge in [0.2, 0.25) is 15.9 Å². The van der Waals surface area contributed by atoms with E-state index in [1.54, 1.807) is 32.5 Å². The van der Waals surface area contributed by atoms with E-state index in [1.807, 2.05) is 34.5 Å². The molecule has 0 fully saturated rings. The summed E-state index contributed by atoms with van der Waals surface area (Å²) < 4.78 is 36.8. The Labute approximate surface area is 188 Å². The van der Waals surface area contributed by atoms with E-state index in [9.17, 15) is 13.2 Å². The minimum atomic E-state index is -3.50. The number of hydrogen-bond acceptors (Lipinski definition) is 6. The molecule has 170 valence electrons. The predicted octanol–water partition coefficient (Wildman–Crippen LogP) is 2.92. The Morgan fingerprint density at radius 2 is 1.97 bits per heavy atom. The van der Waals surface area contributed by atoms with Crippen LogP contribution >= 0.6 is 11.3 Å². The first-order chi connectivity index (χ1) is 14.9. The minimum Gasteiger partial charge on any atom is -0.497 e. The number of amides is 1. The highest BCUT2D eigenvalue weighted by Gasteiger charge is 2.34. The summed E-state index contributed by atoms with van der Waals surface area (Å²) in [5, 5.41) is 2.05. The maximum Gasteiger partial charge on any atom is 0.238 e. The van der Waals surface area contributed by atoms with Gasteiger partial charge in [-0.05, 0) is 54.5 Å². The van der Waals surface area contributed by atoms with Crippen molar-refractivity contribution in [1.82, 2.24) is 9.21 Å². The smallest absolute Gasteiger partial charge is 0.238 e. The number of benzene rings is 1. The van der Waals surface area contributed by atoms with Gasteiger partial charge >= 0.3 is 0 Å². The standard InChI is InChI=1S/C22H30N2O5S2/c1-4-31(26,27)23(12-5-14-28-2)16-21(25)24-13-10-20-19(11-15-30-20)22(24)17-6-8-18(29-3)9-7-17/h6-9,11,15,22H,4-5,10,12-14,16H2,1-3H3. The van der Waals surface area contributed by atoms with Crippen molar-refractivity contribution in [2.24, 2.45) is 0 Å². The van der Waals surface area contributed by atoms with Crippen molar-refractivity contribution in [3.05, 3.63) is 51.7 Å². The molecule has 7 nitrogen and oxygen atoms in total. The molecule has 0 saturated carbocycles. The average Bonchev–Trinajstić information content (AvgIpc) is 3.26. The van der Waals surface area contributed by atoms with Crippen LogP contribution in [0, 0.1) is 0 Å². The van der Waals surface area contributed by atoms with E-state index in [-0.39, 0.29) is 30.8 Å². The zero-order valence-electron chi connectivity index (χ0n) is 18.2. The molecule has 0 bridgehead atoms. The number of thiophene rings is 1. The average molecular weight is 467 g/mol. The molecule has 2 aromatic rings.